The van der Waals surface area contributed by atoms with Crippen LogP contribution < -0.4 is 21.7 Å². The standard InChI is InChI=1S/C26H42N4O6S/c1-6-16(4)22(25(34)29-21(26(35)36)13-15(2)3)30-24(33)20(11-12-37-5)28-23(32)19(27)14-17-7-9-18(31)10-8-17/h7-10,15-16,19-22,31H,6,11-14,27H2,1-5H3,(H,28,32)(H,29,34)(H,30,33)(H,35,36). The average molecular weight is 539 g/mol. The molecule has 0 spiro atoms. The Bertz CT molecular complexity index is 896. The first-order valence-electron chi connectivity index (χ1n) is 12.6. The van der Waals surface area contributed by atoms with Crippen molar-refractivity contribution in [2.45, 2.75) is 77.5 Å². The summed E-state index contributed by atoms with van der Waals surface area (Å²) < 4.78 is 0. The number of hydrogen-bond donors (Lipinski definition) is 6. The Morgan fingerprint density at radius 3 is 2.05 bits per heavy atom. The van der Waals surface area contributed by atoms with E-state index < -0.39 is 47.9 Å². The predicted molar refractivity (Wildman–Crippen MR) is 145 cm³/mol. The Morgan fingerprint density at radius 1 is 0.946 bits per heavy atom. The van der Waals surface area contributed by atoms with Gasteiger partial charge in [-0.05, 0) is 60.8 Å². The third kappa shape index (κ3) is 11.4. The molecular formula is C26H42N4O6S. The number of carbonyl (C=O) groups is 4. The molecule has 0 aliphatic carbocycles. The summed E-state index contributed by atoms with van der Waals surface area (Å²) in [6, 6.07) is 2.46. The fraction of sp³-hybridized carbons (Fsp3) is 0.615. The summed E-state index contributed by atoms with van der Waals surface area (Å²) in [5.41, 5.74) is 6.83. The number of amides is 3. The van der Waals surface area contributed by atoms with Gasteiger partial charge in [-0.15, -0.1) is 0 Å². The van der Waals surface area contributed by atoms with Gasteiger partial charge in [-0.2, -0.15) is 11.8 Å². The van der Waals surface area contributed by atoms with Crippen LogP contribution in [0.15, 0.2) is 24.3 Å². The van der Waals surface area contributed by atoms with Crippen LogP contribution in [-0.4, -0.2) is 70.1 Å². The predicted octanol–water partition coefficient (Wildman–Crippen LogP) is 1.65. The second-order valence-corrected chi connectivity index (χ2v) is 10.7. The van der Waals surface area contributed by atoms with Gasteiger partial charge < -0.3 is 31.9 Å². The van der Waals surface area contributed by atoms with E-state index in [1.54, 1.807) is 19.1 Å². The van der Waals surface area contributed by atoms with Gasteiger partial charge in [0.25, 0.3) is 0 Å². The highest BCUT2D eigenvalue weighted by atomic mass is 32.2. The van der Waals surface area contributed by atoms with Crippen molar-refractivity contribution in [3.05, 3.63) is 29.8 Å². The molecule has 1 aromatic rings. The number of carboxylic acids is 1. The van der Waals surface area contributed by atoms with Crippen molar-refractivity contribution < 1.29 is 29.4 Å². The van der Waals surface area contributed by atoms with Crippen LogP contribution in [0.5, 0.6) is 5.75 Å². The Balaban J connectivity index is 2.97. The van der Waals surface area contributed by atoms with Gasteiger partial charge in [0.2, 0.25) is 17.7 Å². The number of hydrogen-bond acceptors (Lipinski definition) is 7. The number of nitrogens with one attached hydrogen (secondary N) is 3. The average Bonchev–Trinajstić information content (AvgIpc) is 2.84. The lowest BCUT2D eigenvalue weighted by Gasteiger charge is -2.28. The molecule has 0 heterocycles. The molecule has 11 heteroatoms. The number of phenols is 1. The number of phenolic OH excluding ortho intramolecular Hbond substituents is 1. The quantitative estimate of drug-likeness (QED) is 0.184. The summed E-state index contributed by atoms with van der Waals surface area (Å²) in [5.74, 6) is -2.28. The lowest BCUT2D eigenvalue weighted by molar-refractivity contribution is -0.143. The zero-order valence-corrected chi connectivity index (χ0v) is 23.1. The largest absolute Gasteiger partial charge is 0.508 e. The molecule has 1 aromatic carbocycles. The number of rotatable bonds is 16. The molecule has 0 saturated heterocycles. The van der Waals surface area contributed by atoms with Crippen LogP contribution in [0.2, 0.25) is 0 Å². The van der Waals surface area contributed by atoms with Gasteiger partial charge in [0.15, 0.2) is 0 Å². The van der Waals surface area contributed by atoms with Gasteiger partial charge in [-0.25, -0.2) is 4.79 Å². The Labute approximate surface area is 223 Å². The van der Waals surface area contributed by atoms with Gasteiger partial charge in [0.1, 0.15) is 23.9 Å². The fourth-order valence-corrected chi connectivity index (χ4v) is 4.14. The van der Waals surface area contributed by atoms with Crippen molar-refractivity contribution in [1.29, 1.82) is 0 Å². The number of carbonyl (C=O) groups excluding carboxylic acids is 3. The van der Waals surface area contributed by atoms with Crippen LogP contribution in [0.1, 0.15) is 52.5 Å². The minimum atomic E-state index is -1.14. The van der Waals surface area contributed by atoms with Gasteiger partial charge in [-0.1, -0.05) is 46.2 Å². The van der Waals surface area contributed by atoms with Crippen LogP contribution in [-0.2, 0) is 25.6 Å². The molecule has 208 valence electrons. The highest BCUT2D eigenvalue weighted by molar-refractivity contribution is 7.98. The van der Waals surface area contributed by atoms with E-state index in [1.165, 1.54) is 23.9 Å². The first kappa shape index (κ1) is 32.2. The zero-order chi connectivity index (χ0) is 28.1. The second-order valence-electron chi connectivity index (χ2n) is 9.72. The maximum absolute atomic E-state index is 13.2. The third-order valence-corrected chi connectivity index (χ3v) is 6.73. The first-order valence-corrected chi connectivity index (χ1v) is 13.9. The maximum atomic E-state index is 13.2. The lowest BCUT2D eigenvalue weighted by Crippen LogP contribution is -2.59. The molecule has 7 N–H and O–H groups in total. The highest BCUT2D eigenvalue weighted by Crippen LogP contribution is 2.13. The summed E-state index contributed by atoms with van der Waals surface area (Å²) >= 11 is 1.51. The third-order valence-electron chi connectivity index (χ3n) is 6.09. The lowest BCUT2D eigenvalue weighted by atomic mass is 9.96. The Morgan fingerprint density at radius 2 is 1.54 bits per heavy atom. The zero-order valence-electron chi connectivity index (χ0n) is 22.3. The van der Waals surface area contributed by atoms with Gasteiger partial charge in [0.05, 0.1) is 6.04 Å². The molecule has 0 saturated carbocycles. The molecule has 1 rings (SSSR count). The topological polar surface area (TPSA) is 171 Å². The van der Waals surface area contributed by atoms with Crippen LogP contribution in [0.4, 0.5) is 0 Å². The molecule has 0 radical (unpaired) electrons. The molecule has 0 aliphatic heterocycles. The highest BCUT2D eigenvalue weighted by Gasteiger charge is 2.32. The van der Waals surface area contributed by atoms with Crippen molar-refractivity contribution in [1.82, 2.24) is 16.0 Å². The van der Waals surface area contributed by atoms with E-state index in [1.807, 2.05) is 27.0 Å². The number of benzene rings is 1. The normalized spacial score (nSPS) is 15.2. The molecular weight excluding hydrogens is 496 g/mol. The van der Waals surface area contributed by atoms with Crippen LogP contribution in [0.3, 0.4) is 0 Å². The van der Waals surface area contributed by atoms with Crippen LogP contribution in [0.25, 0.3) is 0 Å². The number of aromatic hydroxyl groups is 1. The molecule has 5 unspecified atom stereocenters. The summed E-state index contributed by atoms with van der Waals surface area (Å²) in [5, 5.41) is 26.9. The molecule has 10 nitrogen and oxygen atoms in total. The minimum absolute atomic E-state index is 0.0509. The molecule has 0 aromatic heterocycles. The molecule has 37 heavy (non-hydrogen) atoms. The Kier molecular flexibility index (Phi) is 14.1. The summed E-state index contributed by atoms with van der Waals surface area (Å²) in [7, 11) is 0. The van der Waals surface area contributed by atoms with Crippen molar-refractivity contribution >= 4 is 35.5 Å². The first-order chi connectivity index (χ1) is 17.4. The molecule has 0 fully saturated rings. The van der Waals surface area contributed by atoms with E-state index in [2.05, 4.69) is 16.0 Å². The van der Waals surface area contributed by atoms with E-state index >= 15 is 0 Å². The van der Waals surface area contributed by atoms with E-state index in [-0.39, 0.29) is 30.4 Å². The molecule has 0 aliphatic rings. The number of carboxylic acid groups (broad SMARTS) is 1. The van der Waals surface area contributed by atoms with Gasteiger partial charge in [-0.3, -0.25) is 14.4 Å². The number of thioether (sulfide) groups is 1. The Hall–Kier alpha value is -2.79. The van der Waals surface area contributed by atoms with E-state index in [0.29, 0.717) is 18.6 Å². The van der Waals surface area contributed by atoms with E-state index in [4.69, 9.17) is 5.73 Å². The second kappa shape index (κ2) is 16.1. The van der Waals surface area contributed by atoms with Gasteiger partial charge >= 0.3 is 5.97 Å². The van der Waals surface area contributed by atoms with Crippen molar-refractivity contribution in [2.75, 3.05) is 12.0 Å². The van der Waals surface area contributed by atoms with Crippen molar-refractivity contribution in [3.63, 3.8) is 0 Å². The summed E-state index contributed by atoms with van der Waals surface area (Å²) in [4.78, 5) is 50.7. The SMILES string of the molecule is CCC(C)C(NC(=O)C(CCSC)NC(=O)C(N)Cc1ccc(O)cc1)C(=O)NC(CC(C)C)C(=O)O. The molecule has 3 amide bonds. The number of nitrogens with two attached hydrogens (primary N) is 1. The van der Waals surface area contributed by atoms with Crippen LogP contribution >= 0.6 is 11.8 Å². The molecule has 5 atom stereocenters. The van der Waals surface area contributed by atoms with E-state index in [9.17, 15) is 29.4 Å². The van der Waals surface area contributed by atoms with Crippen molar-refractivity contribution in [3.8, 4) is 5.75 Å². The monoisotopic (exact) mass is 538 g/mol. The maximum Gasteiger partial charge on any atom is 0.326 e. The summed E-state index contributed by atoms with van der Waals surface area (Å²) in [6.07, 6.45) is 3.24. The van der Waals surface area contributed by atoms with Crippen molar-refractivity contribution in [2.24, 2.45) is 17.6 Å². The minimum Gasteiger partial charge on any atom is -0.508 e. The summed E-state index contributed by atoms with van der Waals surface area (Å²) in [6.45, 7) is 7.39. The van der Waals surface area contributed by atoms with E-state index in [0.717, 1.165) is 5.56 Å². The fourth-order valence-electron chi connectivity index (χ4n) is 3.67. The smallest absolute Gasteiger partial charge is 0.326 e. The number of aliphatic carboxylic acids is 1. The van der Waals surface area contributed by atoms with Gasteiger partial charge in [0, 0.05) is 0 Å². The van der Waals surface area contributed by atoms with Crippen LogP contribution in [0, 0.1) is 11.8 Å². The molecule has 0 bridgehead atoms.